The molecule has 48 nitrogen and oxygen atoms in total. The standard InChI is InChI=1S/C84H130N22O26/c1-83(2,3)41-58(80(131)132)98-77(128)69(84(4,5)6)100-73(124)56(39-48-18-22-51(108)23-19-48)97-74(125)59-14-10-30-105(59)79(130)54(13-9-29-91-81(87)88)95-76(127)68(49-26-32-104(33-27-49)82(89)90)99-75(126)60-15-11-31-106(60)78(129)53(12-7-8-28-85)94-72(123)57(40-61(86)109)96-70(121)52(24-25-63(111)112)93-71(122)55(38-47-16-20-50(107)21-17-47)92-62(110)42-102(44-65(115)116)36-34-101(43-64(113)114)35-37-103(45-66(117)118)46-67(119)120/h16-23,49,52-60,68-69,107-108H,7-15,24-46,85H2,1-6H3,(H2,86,109)(H3,89,90)(H,92,110)(H,93,122)(H,94,123)(H,95,127)(H,96,121)(H,97,125)(H,98,128)(H,99,126)(H,100,124)(H,111,112)(H,113,114)(H,115,116)(H,117,118)(H,119,120)(H,131,132)(H4,87,88,91)/t52-,53-,54-,55-,56-,57-,58-,59-,60-,68-,69+/m0/s1. The summed E-state index contributed by atoms with van der Waals surface area (Å²) in [6.45, 7) is 5.40. The fourth-order valence-electron chi connectivity index (χ4n) is 15.6. The first-order valence-electron chi connectivity index (χ1n) is 43.5. The summed E-state index contributed by atoms with van der Waals surface area (Å²) in [7, 11) is 0. The van der Waals surface area contributed by atoms with Crippen LogP contribution in [0.25, 0.3) is 0 Å². The lowest BCUT2D eigenvalue weighted by Gasteiger charge is -2.37. The van der Waals surface area contributed by atoms with E-state index in [2.05, 4.69) is 53.2 Å². The van der Waals surface area contributed by atoms with E-state index in [1.807, 2.05) is 0 Å². The van der Waals surface area contributed by atoms with E-state index < -0.39 is 254 Å². The van der Waals surface area contributed by atoms with Crippen LogP contribution in [0.3, 0.4) is 0 Å². The van der Waals surface area contributed by atoms with Gasteiger partial charge in [-0.1, -0.05) is 65.8 Å². The zero-order valence-electron chi connectivity index (χ0n) is 75.1. The molecule has 3 heterocycles. The number of rotatable bonds is 55. The third-order valence-electron chi connectivity index (χ3n) is 22.2. The molecular weight excluding hydrogens is 1730 g/mol. The molecule has 0 aromatic heterocycles. The zero-order valence-corrected chi connectivity index (χ0v) is 75.1. The van der Waals surface area contributed by atoms with Crippen molar-refractivity contribution in [3.8, 4) is 11.5 Å². The summed E-state index contributed by atoms with van der Waals surface area (Å²) in [5.41, 5.74) is 22.2. The largest absolute Gasteiger partial charge is 0.508 e. The Morgan fingerprint density at radius 1 is 0.455 bits per heavy atom. The van der Waals surface area contributed by atoms with Crippen molar-refractivity contribution in [1.82, 2.24) is 82.6 Å². The maximum Gasteiger partial charge on any atom is 0.326 e. The SMILES string of the molecule is CC(C)(C)C[C@H](NC(=O)[C@@H](NC(=O)[C@H](Cc1ccc(O)cc1)NC(=O)[C@@H]1CCCN1C(=O)[C@H](CCCNC(=N)N)NC(=O)[C@@H](NC(=O)[C@@H]1CCCN1C(=O)[C@H](CCCCN)NC(=O)[C@H](CC(N)=O)NC(=O)[C@H](CCC(=O)O)NC(=O)[C@H](Cc1ccc(O)cc1)NC(=O)CN(CCN(CCN(CC(=O)O)CC(=O)O)CC(=O)O)CC(=O)O)C1CCN(C(=N)N)CC1)C(C)(C)C)C(=O)O. The minimum Gasteiger partial charge on any atom is -0.508 e. The van der Waals surface area contributed by atoms with E-state index in [0.29, 0.717) is 5.56 Å². The number of phenols is 2. The highest BCUT2D eigenvalue weighted by Crippen LogP contribution is 2.29. The second-order valence-corrected chi connectivity index (χ2v) is 35.4. The third-order valence-corrected chi connectivity index (χ3v) is 22.2. The van der Waals surface area contributed by atoms with Gasteiger partial charge in [-0.2, -0.15) is 0 Å². The highest BCUT2D eigenvalue weighted by atomic mass is 16.4. The van der Waals surface area contributed by atoms with Gasteiger partial charge in [0, 0.05) is 78.2 Å². The number of benzene rings is 2. The maximum absolute atomic E-state index is 15.4. The number of hydrogen-bond acceptors (Lipinski definition) is 26. The Hall–Kier alpha value is -13.1. The van der Waals surface area contributed by atoms with Crippen molar-refractivity contribution < 1.29 is 127 Å². The number of piperidine rings is 1. The Morgan fingerprint density at radius 3 is 1.33 bits per heavy atom. The smallest absolute Gasteiger partial charge is 0.326 e. The van der Waals surface area contributed by atoms with E-state index in [1.54, 1.807) is 41.5 Å². The van der Waals surface area contributed by atoms with E-state index in [4.69, 9.17) is 33.8 Å². The van der Waals surface area contributed by atoms with Gasteiger partial charge in [0.2, 0.25) is 70.9 Å². The number of unbranched alkanes of at least 4 members (excludes halogenated alkanes) is 1. The first-order valence-corrected chi connectivity index (χ1v) is 43.5. The summed E-state index contributed by atoms with van der Waals surface area (Å²) in [6.07, 6.45) is -2.49. The molecule has 0 saturated carbocycles. The van der Waals surface area contributed by atoms with Crippen molar-refractivity contribution in [1.29, 1.82) is 10.8 Å². The number of aliphatic carboxylic acids is 6. The van der Waals surface area contributed by atoms with Crippen LogP contribution in [0.2, 0.25) is 0 Å². The molecular formula is C84H130N22O26. The number of nitrogens with one attached hydrogen (secondary N) is 12. The van der Waals surface area contributed by atoms with E-state index in [0.717, 1.165) is 14.7 Å². The number of amides is 12. The maximum atomic E-state index is 15.4. The number of hydrogen-bond donors (Lipinski definition) is 24. The van der Waals surface area contributed by atoms with Crippen LogP contribution in [0.15, 0.2) is 48.5 Å². The summed E-state index contributed by atoms with van der Waals surface area (Å²) in [6, 6.07) is -6.33. The van der Waals surface area contributed by atoms with Crippen LogP contribution in [0.4, 0.5) is 0 Å². The van der Waals surface area contributed by atoms with Crippen LogP contribution in [0.1, 0.15) is 149 Å². The molecule has 11 atom stereocenters. The summed E-state index contributed by atoms with van der Waals surface area (Å²) in [5, 5.41) is 120. The summed E-state index contributed by atoms with van der Waals surface area (Å²) in [4.78, 5) is 255. The van der Waals surface area contributed by atoms with Gasteiger partial charge in [0.1, 0.15) is 78.0 Å². The number of likely N-dealkylation sites (tertiary alicyclic amines) is 3. The van der Waals surface area contributed by atoms with Gasteiger partial charge in [0.05, 0.1) is 39.1 Å². The fourth-order valence-corrected chi connectivity index (χ4v) is 15.6. The zero-order chi connectivity index (χ0) is 98.6. The molecule has 12 amide bonds. The molecule has 0 bridgehead atoms. The average molecular weight is 1860 g/mol. The Balaban J connectivity index is 1.43. The van der Waals surface area contributed by atoms with Gasteiger partial charge in [-0.3, -0.25) is 107 Å². The number of carboxylic acid groups (broad SMARTS) is 6. The molecule has 3 saturated heterocycles. The van der Waals surface area contributed by atoms with Crippen LogP contribution in [-0.2, 0) is 99.1 Å². The first kappa shape index (κ1) is 109. The molecule has 0 spiro atoms. The quantitative estimate of drug-likeness (QED) is 0.0167. The van der Waals surface area contributed by atoms with E-state index in [-0.39, 0.29) is 172 Å². The van der Waals surface area contributed by atoms with Crippen LogP contribution in [-0.4, -0.2) is 354 Å². The molecule has 0 aliphatic carbocycles. The fraction of sp³-hybridized carbons (Fsp3) is 0.619. The molecule has 2 aromatic carbocycles. The minimum atomic E-state index is -2.01. The molecule has 732 valence electrons. The normalized spacial score (nSPS) is 16.7. The van der Waals surface area contributed by atoms with E-state index >= 15 is 19.2 Å². The number of carbonyl (C=O) groups is 18. The Bertz CT molecular complexity index is 4370. The Morgan fingerprint density at radius 2 is 0.879 bits per heavy atom. The lowest BCUT2D eigenvalue weighted by atomic mass is 9.84. The van der Waals surface area contributed by atoms with Crippen LogP contribution < -0.4 is 76.1 Å². The molecule has 3 aliphatic rings. The molecule has 0 radical (unpaired) electrons. The molecule has 3 fully saturated rings. The summed E-state index contributed by atoms with van der Waals surface area (Å²) >= 11 is 0. The molecule has 5 rings (SSSR count). The number of carbonyl (C=O) groups excluding carboxylic acids is 12. The van der Waals surface area contributed by atoms with Gasteiger partial charge >= 0.3 is 35.8 Å². The van der Waals surface area contributed by atoms with Crippen molar-refractivity contribution >= 4 is 119 Å². The van der Waals surface area contributed by atoms with Gasteiger partial charge in [-0.05, 0) is 142 Å². The van der Waals surface area contributed by atoms with Gasteiger partial charge in [0.15, 0.2) is 11.9 Å². The highest BCUT2D eigenvalue weighted by molar-refractivity contribution is 6.01. The van der Waals surface area contributed by atoms with Crippen LogP contribution in [0, 0.1) is 27.6 Å². The number of nitrogens with zero attached hydrogens (tertiary/aromatic N) is 6. The average Bonchev–Trinajstić information content (AvgIpc) is 1.56. The first-order chi connectivity index (χ1) is 61.9. The lowest BCUT2D eigenvalue weighted by Crippen LogP contribution is -2.62. The van der Waals surface area contributed by atoms with Crippen molar-refractivity contribution in [2.75, 3.05) is 98.2 Å². The van der Waals surface area contributed by atoms with Crippen molar-refractivity contribution in [2.24, 2.45) is 39.7 Å². The van der Waals surface area contributed by atoms with Crippen molar-refractivity contribution in [3.05, 3.63) is 59.7 Å². The number of phenolic OH excluding ortho intramolecular Hbond substituents is 2. The summed E-state index contributed by atoms with van der Waals surface area (Å²) in [5.74, 6) is -22.2. The molecule has 132 heavy (non-hydrogen) atoms. The molecule has 48 heteroatoms. The molecule has 2 aromatic rings. The monoisotopic (exact) mass is 1860 g/mol. The predicted molar refractivity (Wildman–Crippen MR) is 470 cm³/mol. The second kappa shape index (κ2) is 52.7. The predicted octanol–water partition coefficient (Wildman–Crippen LogP) is -5.22. The minimum absolute atomic E-state index is 0.00117. The van der Waals surface area contributed by atoms with Gasteiger partial charge in [0.25, 0.3) is 0 Å². The van der Waals surface area contributed by atoms with Crippen molar-refractivity contribution in [3.63, 3.8) is 0 Å². The molecule has 28 N–H and O–H groups in total. The number of primary amides is 1. The number of carboxylic acids is 6. The van der Waals surface area contributed by atoms with E-state index in [1.165, 1.54) is 63.2 Å². The van der Waals surface area contributed by atoms with Gasteiger partial charge in [-0.15, -0.1) is 0 Å². The van der Waals surface area contributed by atoms with Gasteiger partial charge < -0.3 is 132 Å². The third kappa shape index (κ3) is 38.1. The van der Waals surface area contributed by atoms with Gasteiger partial charge in [-0.25, -0.2) is 4.79 Å². The topological polar surface area (TPSA) is 761 Å². The molecule has 3 aliphatic heterocycles. The Kier molecular flexibility index (Phi) is 43.6. The number of nitrogens with two attached hydrogens (primary N) is 4. The molecule has 0 unspecified atom stereocenters. The summed E-state index contributed by atoms with van der Waals surface area (Å²) < 4.78 is 0. The number of guanidine groups is 2. The van der Waals surface area contributed by atoms with Crippen molar-refractivity contribution in [2.45, 2.75) is 217 Å². The number of aromatic hydroxyl groups is 2. The van der Waals surface area contributed by atoms with Crippen LogP contribution >= 0.6 is 0 Å². The lowest BCUT2D eigenvalue weighted by molar-refractivity contribution is -0.144. The highest BCUT2D eigenvalue weighted by Gasteiger charge is 2.46. The van der Waals surface area contributed by atoms with Crippen LogP contribution in [0.5, 0.6) is 11.5 Å². The van der Waals surface area contributed by atoms with E-state index in [9.17, 15) is 108 Å². The second-order valence-electron chi connectivity index (χ2n) is 35.4. The Labute approximate surface area is 762 Å².